The van der Waals surface area contributed by atoms with Gasteiger partial charge in [-0.15, -0.1) is 0 Å². The summed E-state index contributed by atoms with van der Waals surface area (Å²) in [6.07, 6.45) is 4.85. The number of imidazole rings is 1. The van der Waals surface area contributed by atoms with Crippen LogP contribution in [0.1, 0.15) is 16.2 Å². The molecule has 2 aromatic heterocycles. The third kappa shape index (κ3) is 3.78. The Balaban J connectivity index is 1.93. The maximum absolute atomic E-state index is 11.8. The summed E-state index contributed by atoms with van der Waals surface area (Å²) in [5.41, 5.74) is 0.312. The van der Waals surface area contributed by atoms with Gasteiger partial charge >= 0.3 is 12.0 Å². The van der Waals surface area contributed by atoms with Gasteiger partial charge in [0.05, 0.1) is 19.2 Å². The van der Waals surface area contributed by atoms with Crippen molar-refractivity contribution >= 4 is 17.8 Å². The minimum absolute atomic E-state index is 0.259. The average Bonchev–Trinajstić information content (AvgIpc) is 2.90. The molecule has 0 aliphatic carbocycles. The summed E-state index contributed by atoms with van der Waals surface area (Å²) in [4.78, 5) is 31.2. The molecule has 0 spiro atoms. The van der Waals surface area contributed by atoms with Crippen LogP contribution in [0, 0.1) is 0 Å². The van der Waals surface area contributed by atoms with E-state index in [1.807, 2.05) is 7.05 Å². The molecule has 0 radical (unpaired) electrons. The van der Waals surface area contributed by atoms with E-state index in [9.17, 15) is 9.59 Å². The van der Waals surface area contributed by atoms with Crippen LogP contribution in [0.25, 0.3) is 0 Å². The predicted octanol–water partition coefficient (Wildman–Crippen LogP) is 0.923. The number of hydrogen-bond acceptors (Lipinski definition) is 5. The Kier molecular flexibility index (Phi) is 4.50. The summed E-state index contributed by atoms with van der Waals surface area (Å²) in [6, 6.07) is 2.50. The van der Waals surface area contributed by atoms with Crippen molar-refractivity contribution < 1.29 is 14.3 Å². The number of esters is 1. The van der Waals surface area contributed by atoms with E-state index < -0.39 is 12.0 Å². The highest BCUT2D eigenvalue weighted by atomic mass is 16.5. The lowest BCUT2D eigenvalue weighted by Crippen LogP contribution is -2.29. The van der Waals surface area contributed by atoms with E-state index in [-0.39, 0.29) is 12.4 Å². The molecule has 2 N–H and O–H groups in total. The van der Waals surface area contributed by atoms with Crippen molar-refractivity contribution in [3.63, 3.8) is 0 Å². The van der Waals surface area contributed by atoms with Crippen molar-refractivity contribution in [2.45, 2.75) is 6.54 Å². The zero-order valence-corrected chi connectivity index (χ0v) is 11.7. The summed E-state index contributed by atoms with van der Waals surface area (Å²) >= 11 is 0. The second kappa shape index (κ2) is 6.51. The molecule has 0 fully saturated rings. The highest BCUT2D eigenvalue weighted by Crippen LogP contribution is 2.07. The Morgan fingerprint density at radius 2 is 2.14 bits per heavy atom. The molecule has 0 aliphatic heterocycles. The number of pyridine rings is 1. The number of anilines is 1. The molecule has 110 valence electrons. The van der Waals surface area contributed by atoms with Crippen molar-refractivity contribution in [3.8, 4) is 0 Å². The number of aryl methyl sites for hydroxylation is 1. The fraction of sp³-hybridized carbons (Fsp3) is 0.231. The van der Waals surface area contributed by atoms with Gasteiger partial charge in [0.25, 0.3) is 0 Å². The fourth-order valence-corrected chi connectivity index (χ4v) is 1.63. The Bertz CT molecular complexity index is 653. The second-order valence-corrected chi connectivity index (χ2v) is 4.18. The van der Waals surface area contributed by atoms with Gasteiger partial charge < -0.3 is 14.6 Å². The molecule has 0 bridgehead atoms. The van der Waals surface area contributed by atoms with Crippen LogP contribution < -0.4 is 10.6 Å². The number of nitrogens with one attached hydrogen (secondary N) is 2. The second-order valence-electron chi connectivity index (χ2n) is 4.18. The van der Waals surface area contributed by atoms with Gasteiger partial charge in [-0.2, -0.15) is 0 Å². The molecule has 8 nitrogen and oxygen atoms in total. The van der Waals surface area contributed by atoms with Crippen molar-refractivity contribution in [3.05, 3.63) is 42.1 Å². The number of methoxy groups -OCH3 is 1. The molecule has 8 heteroatoms. The first kappa shape index (κ1) is 14.5. The molecule has 0 unspecified atom stereocenters. The number of carbonyl (C=O) groups excluding carboxylic acids is 2. The first-order valence-electron chi connectivity index (χ1n) is 6.15. The first-order chi connectivity index (χ1) is 10.1. The van der Waals surface area contributed by atoms with Crippen molar-refractivity contribution in [1.29, 1.82) is 0 Å². The van der Waals surface area contributed by atoms with E-state index in [1.165, 1.54) is 25.4 Å². The largest absolute Gasteiger partial charge is 0.465 e. The van der Waals surface area contributed by atoms with Gasteiger partial charge in [-0.1, -0.05) is 0 Å². The zero-order chi connectivity index (χ0) is 15.2. The monoisotopic (exact) mass is 289 g/mol. The molecule has 2 aromatic rings. The molecule has 2 heterocycles. The number of amides is 2. The topological polar surface area (TPSA) is 98.1 Å². The SMILES string of the molecule is COC(=O)c1ccnc(NC(=O)NCc2nccn2C)c1. The fourth-order valence-electron chi connectivity index (χ4n) is 1.63. The van der Waals surface area contributed by atoms with Crippen LogP contribution >= 0.6 is 0 Å². The van der Waals surface area contributed by atoms with Crippen LogP contribution in [0.3, 0.4) is 0 Å². The molecular weight excluding hydrogens is 274 g/mol. The Morgan fingerprint density at radius 1 is 1.33 bits per heavy atom. The molecule has 0 saturated heterocycles. The average molecular weight is 289 g/mol. The van der Waals surface area contributed by atoms with Crippen LogP contribution in [0.2, 0.25) is 0 Å². The lowest BCUT2D eigenvalue weighted by molar-refractivity contribution is 0.0600. The number of urea groups is 1. The van der Waals surface area contributed by atoms with Crippen molar-refractivity contribution in [2.75, 3.05) is 12.4 Å². The van der Waals surface area contributed by atoms with E-state index in [1.54, 1.807) is 17.0 Å². The lowest BCUT2D eigenvalue weighted by Gasteiger charge is -2.07. The van der Waals surface area contributed by atoms with Gasteiger partial charge in [0.15, 0.2) is 0 Å². The zero-order valence-electron chi connectivity index (χ0n) is 11.7. The Hall–Kier alpha value is -2.90. The minimum Gasteiger partial charge on any atom is -0.465 e. The summed E-state index contributed by atoms with van der Waals surface area (Å²) < 4.78 is 6.40. The van der Waals surface area contributed by atoms with E-state index in [2.05, 4.69) is 25.3 Å². The summed E-state index contributed by atoms with van der Waals surface area (Å²) in [6.45, 7) is 0.284. The van der Waals surface area contributed by atoms with Gasteiger partial charge in [-0.3, -0.25) is 5.32 Å². The molecule has 0 saturated carbocycles. The van der Waals surface area contributed by atoms with Gasteiger partial charge in [0.1, 0.15) is 11.6 Å². The van der Waals surface area contributed by atoms with Gasteiger partial charge in [-0.25, -0.2) is 19.6 Å². The Labute approximate surface area is 121 Å². The van der Waals surface area contributed by atoms with Crippen molar-refractivity contribution in [2.24, 2.45) is 7.05 Å². The molecule has 2 rings (SSSR count). The number of nitrogens with zero attached hydrogens (tertiary/aromatic N) is 3. The van der Waals surface area contributed by atoms with E-state index in [4.69, 9.17) is 0 Å². The number of hydrogen-bond donors (Lipinski definition) is 2. The van der Waals surface area contributed by atoms with Crippen LogP contribution in [0.4, 0.5) is 10.6 Å². The van der Waals surface area contributed by atoms with Crippen molar-refractivity contribution in [1.82, 2.24) is 19.9 Å². The normalized spacial score (nSPS) is 10.0. The highest BCUT2D eigenvalue weighted by Gasteiger charge is 2.09. The standard InChI is InChI=1S/C13H15N5O3/c1-18-6-5-15-11(18)8-16-13(20)17-10-7-9(3-4-14-10)12(19)21-2/h3-7H,8H2,1-2H3,(H2,14,16,17,20). The lowest BCUT2D eigenvalue weighted by atomic mass is 10.2. The molecule has 0 aromatic carbocycles. The molecule has 0 aliphatic rings. The predicted molar refractivity (Wildman–Crippen MR) is 74.6 cm³/mol. The van der Waals surface area contributed by atoms with Crippen LogP contribution in [-0.2, 0) is 18.3 Å². The number of rotatable bonds is 4. The van der Waals surface area contributed by atoms with Crippen LogP contribution in [0.5, 0.6) is 0 Å². The highest BCUT2D eigenvalue weighted by molar-refractivity contribution is 5.92. The smallest absolute Gasteiger partial charge is 0.338 e. The third-order valence-electron chi connectivity index (χ3n) is 2.75. The summed E-state index contributed by atoms with van der Waals surface area (Å²) in [5.74, 6) is 0.491. The number of aromatic nitrogens is 3. The van der Waals surface area contributed by atoms with Gasteiger partial charge in [-0.05, 0) is 12.1 Å². The van der Waals surface area contributed by atoms with E-state index >= 15 is 0 Å². The summed E-state index contributed by atoms with van der Waals surface area (Å²) in [7, 11) is 3.12. The van der Waals surface area contributed by atoms with E-state index in [0.717, 1.165) is 5.82 Å². The number of ether oxygens (including phenoxy) is 1. The summed E-state index contributed by atoms with van der Waals surface area (Å²) in [5, 5.41) is 5.18. The molecule has 2 amide bonds. The molecule has 21 heavy (non-hydrogen) atoms. The quantitative estimate of drug-likeness (QED) is 0.816. The number of carbonyl (C=O) groups is 2. The van der Waals surface area contributed by atoms with Gasteiger partial charge in [0, 0.05) is 25.6 Å². The minimum atomic E-state index is -0.492. The maximum Gasteiger partial charge on any atom is 0.338 e. The maximum atomic E-state index is 11.8. The van der Waals surface area contributed by atoms with Crippen LogP contribution in [0.15, 0.2) is 30.7 Å². The van der Waals surface area contributed by atoms with E-state index in [0.29, 0.717) is 5.56 Å². The molecular formula is C13H15N5O3. The van der Waals surface area contributed by atoms with Crippen LogP contribution in [-0.4, -0.2) is 33.6 Å². The Morgan fingerprint density at radius 3 is 2.81 bits per heavy atom. The third-order valence-corrected chi connectivity index (χ3v) is 2.75. The molecule has 0 atom stereocenters. The van der Waals surface area contributed by atoms with Gasteiger partial charge in [0.2, 0.25) is 0 Å². The first-order valence-corrected chi connectivity index (χ1v) is 6.15.